The van der Waals surface area contributed by atoms with Crippen molar-refractivity contribution in [2.45, 2.75) is 13.5 Å². The van der Waals surface area contributed by atoms with Crippen LogP contribution < -0.4 is 10.5 Å². The van der Waals surface area contributed by atoms with E-state index in [1.807, 2.05) is 6.92 Å². The van der Waals surface area contributed by atoms with E-state index in [1.54, 1.807) is 6.20 Å². The van der Waals surface area contributed by atoms with Gasteiger partial charge in [-0.3, -0.25) is 4.79 Å². The number of rotatable bonds is 2. The van der Waals surface area contributed by atoms with Gasteiger partial charge in [-0.05, 0) is 29.9 Å². The minimum absolute atomic E-state index is 0.0519. The molecule has 0 N–H and O–H groups in total. The van der Waals surface area contributed by atoms with Gasteiger partial charge in [-0.15, -0.1) is 0 Å². The van der Waals surface area contributed by atoms with E-state index in [2.05, 4.69) is 37.9 Å². The first-order valence-corrected chi connectivity index (χ1v) is 6.62. The van der Waals surface area contributed by atoms with Crippen molar-refractivity contribution in [2.75, 3.05) is 38.1 Å². The number of halogens is 1. The van der Waals surface area contributed by atoms with Crippen LogP contribution in [0.1, 0.15) is 6.92 Å². The van der Waals surface area contributed by atoms with Gasteiger partial charge in [-0.25, -0.2) is 4.68 Å². The summed E-state index contributed by atoms with van der Waals surface area (Å²) in [6, 6.07) is 0. The third-order valence-corrected chi connectivity index (χ3v) is 3.86. The summed E-state index contributed by atoms with van der Waals surface area (Å²) in [6.45, 7) is 6.42. The first kappa shape index (κ1) is 12.6. The summed E-state index contributed by atoms with van der Waals surface area (Å²) in [7, 11) is 2.11. The van der Waals surface area contributed by atoms with E-state index in [0.29, 0.717) is 11.0 Å². The van der Waals surface area contributed by atoms with Crippen molar-refractivity contribution in [1.29, 1.82) is 0 Å². The van der Waals surface area contributed by atoms with Crippen molar-refractivity contribution >= 4 is 21.6 Å². The Kier molecular flexibility index (Phi) is 3.83. The molecule has 1 aliphatic heterocycles. The average molecular weight is 301 g/mol. The van der Waals surface area contributed by atoms with Gasteiger partial charge in [0.1, 0.15) is 4.47 Å². The van der Waals surface area contributed by atoms with Crippen LogP contribution in [0.15, 0.2) is 15.5 Å². The number of hydrogen-bond acceptors (Lipinski definition) is 4. The monoisotopic (exact) mass is 300 g/mol. The summed E-state index contributed by atoms with van der Waals surface area (Å²) in [6.07, 6.45) is 1.78. The summed E-state index contributed by atoms with van der Waals surface area (Å²) in [5.41, 5.74) is 0.858. The van der Waals surface area contributed by atoms with Crippen molar-refractivity contribution in [3.8, 4) is 0 Å². The summed E-state index contributed by atoms with van der Waals surface area (Å²) in [5, 5.41) is 4.17. The van der Waals surface area contributed by atoms with Crippen LogP contribution in [0.4, 0.5) is 5.69 Å². The lowest BCUT2D eigenvalue weighted by Crippen LogP contribution is -2.45. The number of hydrogen-bond donors (Lipinski definition) is 0. The maximum absolute atomic E-state index is 11.9. The van der Waals surface area contributed by atoms with Gasteiger partial charge in [-0.2, -0.15) is 5.10 Å². The molecule has 1 fully saturated rings. The van der Waals surface area contributed by atoms with Crippen molar-refractivity contribution in [2.24, 2.45) is 0 Å². The third-order valence-electron chi connectivity index (χ3n) is 3.11. The van der Waals surface area contributed by atoms with Crippen molar-refractivity contribution in [3.05, 3.63) is 21.0 Å². The Morgan fingerprint density at radius 2 is 2.00 bits per heavy atom. The highest BCUT2D eigenvalue weighted by molar-refractivity contribution is 9.10. The SMILES string of the molecule is CCn1ncc(N2CCN(C)CC2)c(Br)c1=O. The summed E-state index contributed by atoms with van der Waals surface area (Å²) in [4.78, 5) is 16.4. The molecular formula is C11H17BrN4O. The Balaban J connectivity index is 2.28. The Hall–Kier alpha value is -0.880. The van der Waals surface area contributed by atoms with Gasteiger partial charge in [0.25, 0.3) is 5.56 Å². The molecule has 0 unspecified atom stereocenters. The largest absolute Gasteiger partial charge is 0.367 e. The van der Waals surface area contributed by atoms with Gasteiger partial charge in [0.2, 0.25) is 0 Å². The molecule has 1 aromatic heterocycles. The number of aromatic nitrogens is 2. The zero-order valence-electron chi connectivity index (χ0n) is 10.2. The average Bonchev–Trinajstić information content (AvgIpc) is 2.34. The standard InChI is InChI=1S/C11H17BrN4O/c1-3-16-11(17)10(12)9(8-13-16)15-6-4-14(2)5-7-15/h8H,3-7H2,1-2H3. The molecule has 94 valence electrons. The fraction of sp³-hybridized carbons (Fsp3) is 0.636. The molecule has 2 heterocycles. The molecule has 0 spiro atoms. The number of anilines is 1. The lowest BCUT2D eigenvalue weighted by Gasteiger charge is -2.34. The second kappa shape index (κ2) is 5.18. The molecule has 0 bridgehead atoms. The first-order chi connectivity index (χ1) is 8.13. The minimum Gasteiger partial charge on any atom is -0.367 e. The van der Waals surface area contributed by atoms with Crippen LogP contribution in [-0.2, 0) is 6.54 Å². The predicted octanol–water partition coefficient (Wildman–Crippen LogP) is 0.777. The summed E-state index contributed by atoms with van der Waals surface area (Å²) in [5.74, 6) is 0. The number of nitrogens with zero attached hydrogens (tertiary/aromatic N) is 4. The van der Waals surface area contributed by atoms with Gasteiger partial charge < -0.3 is 9.80 Å². The minimum atomic E-state index is -0.0519. The normalized spacial score (nSPS) is 17.5. The Morgan fingerprint density at radius 3 is 2.59 bits per heavy atom. The lowest BCUT2D eigenvalue weighted by molar-refractivity contribution is 0.312. The summed E-state index contributed by atoms with van der Waals surface area (Å²) < 4.78 is 2.09. The number of piperazine rings is 1. The van der Waals surface area contributed by atoms with Gasteiger partial charge in [0.05, 0.1) is 11.9 Å². The maximum Gasteiger partial charge on any atom is 0.283 e. The van der Waals surface area contributed by atoms with Crippen LogP contribution in [0.2, 0.25) is 0 Å². The topological polar surface area (TPSA) is 41.4 Å². The Bertz CT molecular complexity index is 451. The van der Waals surface area contributed by atoms with Crippen LogP contribution in [-0.4, -0.2) is 47.9 Å². The Labute approximate surface area is 109 Å². The highest BCUT2D eigenvalue weighted by Gasteiger charge is 2.18. The molecule has 17 heavy (non-hydrogen) atoms. The molecule has 1 aliphatic rings. The van der Waals surface area contributed by atoms with E-state index in [1.165, 1.54) is 4.68 Å². The molecule has 0 atom stereocenters. The van der Waals surface area contributed by atoms with E-state index in [9.17, 15) is 4.79 Å². The second-order valence-corrected chi connectivity index (χ2v) is 5.05. The molecule has 2 rings (SSSR count). The molecule has 0 aromatic carbocycles. The van der Waals surface area contributed by atoms with E-state index < -0.39 is 0 Å². The van der Waals surface area contributed by atoms with E-state index in [4.69, 9.17) is 0 Å². The lowest BCUT2D eigenvalue weighted by atomic mass is 10.3. The number of likely N-dealkylation sites (N-methyl/N-ethyl adjacent to an activating group) is 1. The third kappa shape index (κ3) is 2.52. The smallest absolute Gasteiger partial charge is 0.283 e. The van der Waals surface area contributed by atoms with Crippen LogP contribution in [0, 0.1) is 0 Å². The Morgan fingerprint density at radius 1 is 1.35 bits per heavy atom. The zero-order valence-corrected chi connectivity index (χ0v) is 11.8. The van der Waals surface area contributed by atoms with Crippen LogP contribution in [0.3, 0.4) is 0 Å². The molecule has 0 amide bonds. The fourth-order valence-corrected chi connectivity index (χ4v) is 2.51. The van der Waals surface area contributed by atoms with E-state index in [0.717, 1.165) is 31.9 Å². The zero-order chi connectivity index (χ0) is 12.4. The molecule has 0 saturated carbocycles. The quantitative estimate of drug-likeness (QED) is 0.809. The fourth-order valence-electron chi connectivity index (χ4n) is 1.95. The van der Waals surface area contributed by atoms with Crippen molar-refractivity contribution < 1.29 is 0 Å². The molecular weight excluding hydrogens is 284 g/mol. The van der Waals surface area contributed by atoms with Gasteiger partial charge >= 0.3 is 0 Å². The molecule has 5 nitrogen and oxygen atoms in total. The van der Waals surface area contributed by atoms with Gasteiger partial charge in [0.15, 0.2) is 0 Å². The van der Waals surface area contributed by atoms with Crippen molar-refractivity contribution in [3.63, 3.8) is 0 Å². The van der Waals surface area contributed by atoms with E-state index >= 15 is 0 Å². The summed E-state index contributed by atoms with van der Waals surface area (Å²) >= 11 is 3.39. The maximum atomic E-state index is 11.9. The second-order valence-electron chi connectivity index (χ2n) is 4.26. The molecule has 0 radical (unpaired) electrons. The highest BCUT2D eigenvalue weighted by Crippen LogP contribution is 2.22. The molecule has 6 heteroatoms. The van der Waals surface area contributed by atoms with Crippen molar-refractivity contribution in [1.82, 2.24) is 14.7 Å². The van der Waals surface area contributed by atoms with Gasteiger partial charge in [-0.1, -0.05) is 0 Å². The van der Waals surface area contributed by atoms with Gasteiger partial charge in [0, 0.05) is 32.7 Å². The number of aryl methyl sites for hydroxylation is 1. The van der Waals surface area contributed by atoms with E-state index in [-0.39, 0.29) is 5.56 Å². The first-order valence-electron chi connectivity index (χ1n) is 5.82. The van der Waals surface area contributed by atoms with Crippen LogP contribution in [0.5, 0.6) is 0 Å². The van der Waals surface area contributed by atoms with Crippen LogP contribution in [0.25, 0.3) is 0 Å². The highest BCUT2D eigenvalue weighted by atomic mass is 79.9. The molecule has 1 saturated heterocycles. The molecule has 1 aromatic rings. The predicted molar refractivity (Wildman–Crippen MR) is 71.6 cm³/mol. The van der Waals surface area contributed by atoms with Crippen LogP contribution >= 0.6 is 15.9 Å². The molecule has 0 aliphatic carbocycles.